The van der Waals surface area contributed by atoms with E-state index >= 15 is 0 Å². The lowest BCUT2D eigenvalue weighted by molar-refractivity contribution is -0.384. The molecule has 8 heteroatoms. The molecule has 2 rings (SSSR count). The van der Waals surface area contributed by atoms with E-state index < -0.39 is 4.92 Å². The number of nitrogen functional groups attached to an aromatic ring is 1. The Kier molecular flexibility index (Phi) is 2.16. The van der Waals surface area contributed by atoms with Crippen LogP contribution in [-0.4, -0.2) is 19.7 Å². The van der Waals surface area contributed by atoms with Crippen molar-refractivity contribution < 1.29 is 4.92 Å². The summed E-state index contributed by atoms with van der Waals surface area (Å²) in [5.74, 6) is 0.114. The van der Waals surface area contributed by atoms with Gasteiger partial charge in [0.25, 0.3) is 5.69 Å². The van der Waals surface area contributed by atoms with Crippen LogP contribution in [0.15, 0.2) is 24.3 Å². The molecule has 1 aromatic carbocycles. The van der Waals surface area contributed by atoms with E-state index in [1.807, 2.05) is 0 Å². The Balaban J connectivity index is 2.46. The quantitative estimate of drug-likeness (QED) is 0.492. The number of non-ortho nitro benzene ring substituents is 1. The molecule has 0 saturated carbocycles. The van der Waals surface area contributed by atoms with Gasteiger partial charge in [0, 0.05) is 12.1 Å². The maximum Gasteiger partial charge on any atom is 0.269 e. The standard InChI is InChI=1S/C8H8N6O2/c9-7-11-8(10)13(12-7)5-1-3-6(4-2-5)14(15)16/h1-4H,(H4,9,10,11,12). The molecule has 82 valence electrons. The first-order valence-corrected chi connectivity index (χ1v) is 4.32. The van der Waals surface area contributed by atoms with Crippen LogP contribution in [0.1, 0.15) is 0 Å². The third-order valence-electron chi connectivity index (χ3n) is 1.97. The number of hydrogen-bond acceptors (Lipinski definition) is 5. The van der Waals surface area contributed by atoms with E-state index in [2.05, 4.69) is 10.1 Å². The van der Waals surface area contributed by atoms with Crippen molar-refractivity contribution in [1.29, 1.82) is 5.41 Å². The second-order valence-electron chi connectivity index (χ2n) is 3.04. The lowest BCUT2D eigenvalue weighted by atomic mass is 10.3. The van der Waals surface area contributed by atoms with E-state index in [-0.39, 0.29) is 17.3 Å². The monoisotopic (exact) mass is 220 g/mol. The lowest BCUT2D eigenvalue weighted by Gasteiger charge is -1.98. The van der Waals surface area contributed by atoms with Crippen LogP contribution in [0, 0.1) is 15.5 Å². The van der Waals surface area contributed by atoms with Crippen molar-refractivity contribution in [1.82, 2.24) is 14.8 Å². The van der Waals surface area contributed by atoms with Crippen LogP contribution in [0.25, 0.3) is 5.69 Å². The highest BCUT2D eigenvalue weighted by atomic mass is 16.6. The number of nitrogens with two attached hydrogens (primary N) is 1. The molecule has 0 fully saturated rings. The Morgan fingerprint density at radius 3 is 2.50 bits per heavy atom. The Morgan fingerprint density at radius 2 is 2.06 bits per heavy atom. The number of nitro benzene ring substituents is 1. The first-order chi connectivity index (χ1) is 7.58. The average Bonchev–Trinajstić information content (AvgIpc) is 2.58. The molecule has 0 aliphatic heterocycles. The van der Waals surface area contributed by atoms with Crippen LogP contribution < -0.4 is 11.4 Å². The molecule has 4 N–H and O–H groups in total. The molecule has 1 aromatic heterocycles. The molecule has 0 aliphatic carbocycles. The minimum absolute atomic E-state index is 0.00588. The first kappa shape index (κ1) is 9.90. The van der Waals surface area contributed by atoms with Crippen LogP contribution in [-0.2, 0) is 0 Å². The Hall–Kier alpha value is -2.64. The van der Waals surface area contributed by atoms with E-state index in [0.717, 1.165) is 0 Å². The summed E-state index contributed by atoms with van der Waals surface area (Å²) in [7, 11) is 0. The zero-order valence-corrected chi connectivity index (χ0v) is 8.04. The molecule has 2 aromatic rings. The van der Waals surface area contributed by atoms with Crippen molar-refractivity contribution in [3.8, 4) is 5.69 Å². The molecule has 1 heterocycles. The van der Waals surface area contributed by atoms with Gasteiger partial charge in [-0.1, -0.05) is 0 Å². The van der Waals surface area contributed by atoms with Gasteiger partial charge in [0.1, 0.15) is 0 Å². The van der Waals surface area contributed by atoms with Crippen LogP contribution in [0.3, 0.4) is 0 Å². The van der Waals surface area contributed by atoms with Crippen molar-refractivity contribution in [3.63, 3.8) is 0 Å². The Bertz CT molecular complexity index is 581. The molecule has 0 spiro atoms. The van der Waals surface area contributed by atoms with E-state index in [4.69, 9.17) is 11.1 Å². The number of rotatable bonds is 2. The third kappa shape index (κ3) is 1.63. The summed E-state index contributed by atoms with van der Waals surface area (Å²) in [6, 6.07) is 5.67. The zero-order valence-electron chi connectivity index (χ0n) is 8.04. The van der Waals surface area contributed by atoms with Gasteiger partial charge < -0.3 is 5.73 Å². The minimum atomic E-state index is -0.491. The Morgan fingerprint density at radius 1 is 1.44 bits per heavy atom. The normalized spacial score (nSPS) is 10.2. The number of hydrogen-bond donors (Lipinski definition) is 3. The van der Waals surface area contributed by atoms with Crippen LogP contribution in [0.4, 0.5) is 11.6 Å². The highest BCUT2D eigenvalue weighted by molar-refractivity contribution is 5.40. The van der Waals surface area contributed by atoms with Gasteiger partial charge in [-0.3, -0.25) is 20.5 Å². The van der Waals surface area contributed by atoms with Crippen molar-refractivity contribution in [2.75, 3.05) is 5.73 Å². The van der Waals surface area contributed by atoms with Crippen molar-refractivity contribution in [2.45, 2.75) is 0 Å². The fourth-order valence-corrected chi connectivity index (χ4v) is 1.26. The van der Waals surface area contributed by atoms with E-state index in [1.54, 1.807) is 0 Å². The smallest absolute Gasteiger partial charge is 0.269 e. The predicted molar refractivity (Wildman–Crippen MR) is 54.8 cm³/mol. The predicted octanol–water partition coefficient (Wildman–Crippen LogP) is 0.170. The summed E-state index contributed by atoms with van der Waals surface area (Å²) in [6.45, 7) is 0. The number of aromatic nitrogens is 3. The fourth-order valence-electron chi connectivity index (χ4n) is 1.26. The molecule has 0 saturated heterocycles. The SMILES string of the molecule is N=c1[nH]c(N)nn1-c1ccc([N+](=O)[O-])cc1. The highest BCUT2D eigenvalue weighted by Crippen LogP contribution is 2.13. The summed E-state index contributed by atoms with van der Waals surface area (Å²) < 4.78 is 1.25. The molecular formula is C8H8N6O2. The van der Waals surface area contributed by atoms with Gasteiger partial charge >= 0.3 is 0 Å². The second-order valence-corrected chi connectivity index (χ2v) is 3.04. The average molecular weight is 220 g/mol. The number of benzene rings is 1. The summed E-state index contributed by atoms with van der Waals surface area (Å²) >= 11 is 0. The van der Waals surface area contributed by atoms with Crippen molar-refractivity contribution >= 4 is 11.6 Å². The van der Waals surface area contributed by atoms with E-state index in [1.165, 1.54) is 28.9 Å². The number of H-pyrrole nitrogens is 1. The molecule has 0 aliphatic rings. The number of anilines is 1. The lowest BCUT2D eigenvalue weighted by Crippen LogP contribution is -2.16. The fraction of sp³-hybridized carbons (Fsp3) is 0. The Labute approximate surface area is 89.0 Å². The van der Waals surface area contributed by atoms with Crippen LogP contribution >= 0.6 is 0 Å². The summed E-state index contributed by atoms with van der Waals surface area (Å²) in [5.41, 5.74) is 5.90. The molecule has 8 nitrogen and oxygen atoms in total. The number of nitrogens with one attached hydrogen (secondary N) is 2. The molecular weight excluding hydrogens is 212 g/mol. The summed E-state index contributed by atoms with van der Waals surface area (Å²) in [6.07, 6.45) is 0. The summed E-state index contributed by atoms with van der Waals surface area (Å²) in [5, 5.41) is 21.8. The molecule has 0 unspecified atom stereocenters. The van der Waals surface area contributed by atoms with Gasteiger partial charge in [-0.25, -0.2) is 0 Å². The summed E-state index contributed by atoms with van der Waals surface area (Å²) in [4.78, 5) is 12.5. The van der Waals surface area contributed by atoms with E-state index in [9.17, 15) is 10.1 Å². The number of aromatic amines is 1. The van der Waals surface area contributed by atoms with Crippen molar-refractivity contribution in [3.05, 3.63) is 40.0 Å². The molecule has 0 amide bonds. The first-order valence-electron chi connectivity index (χ1n) is 4.32. The second kappa shape index (κ2) is 3.50. The molecule has 0 bridgehead atoms. The van der Waals surface area contributed by atoms with Crippen LogP contribution in [0.5, 0.6) is 0 Å². The van der Waals surface area contributed by atoms with Gasteiger partial charge in [0.2, 0.25) is 11.6 Å². The van der Waals surface area contributed by atoms with E-state index in [0.29, 0.717) is 5.69 Å². The number of nitro groups is 1. The number of nitrogens with zero attached hydrogens (tertiary/aromatic N) is 3. The van der Waals surface area contributed by atoms with Gasteiger partial charge in [-0.05, 0) is 12.1 Å². The molecule has 16 heavy (non-hydrogen) atoms. The largest absolute Gasteiger partial charge is 0.368 e. The highest BCUT2D eigenvalue weighted by Gasteiger charge is 2.06. The maximum absolute atomic E-state index is 10.4. The van der Waals surface area contributed by atoms with Crippen molar-refractivity contribution in [2.24, 2.45) is 0 Å². The minimum Gasteiger partial charge on any atom is -0.368 e. The van der Waals surface area contributed by atoms with Gasteiger partial charge in [0.15, 0.2) is 0 Å². The topological polar surface area (TPSA) is 127 Å². The molecule has 0 atom stereocenters. The van der Waals surface area contributed by atoms with Gasteiger partial charge in [-0.15, -0.1) is 5.10 Å². The maximum atomic E-state index is 10.4. The van der Waals surface area contributed by atoms with Crippen LogP contribution in [0.2, 0.25) is 0 Å². The van der Waals surface area contributed by atoms with Gasteiger partial charge in [-0.2, -0.15) is 4.68 Å². The third-order valence-corrected chi connectivity index (χ3v) is 1.97. The van der Waals surface area contributed by atoms with Gasteiger partial charge in [0.05, 0.1) is 10.6 Å². The zero-order chi connectivity index (χ0) is 11.7. The molecule has 0 radical (unpaired) electrons.